The summed E-state index contributed by atoms with van der Waals surface area (Å²) in [4.78, 5) is -0.130. The van der Waals surface area contributed by atoms with Gasteiger partial charge in [0, 0.05) is 11.6 Å². The summed E-state index contributed by atoms with van der Waals surface area (Å²) in [6, 6.07) is 2.41. The van der Waals surface area contributed by atoms with Gasteiger partial charge in [-0.05, 0) is 31.0 Å². The lowest BCUT2D eigenvalue weighted by Gasteiger charge is -2.17. The minimum atomic E-state index is -3.82. The van der Waals surface area contributed by atoms with E-state index in [1.54, 1.807) is 6.92 Å². The molecule has 1 aliphatic heterocycles. The third-order valence-electron chi connectivity index (χ3n) is 3.22. The van der Waals surface area contributed by atoms with E-state index in [1.807, 2.05) is 0 Å². The van der Waals surface area contributed by atoms with Crippen LogP contribution in [0.2, 0.25) is 10.0 Å². The number of nitrogens with one attached hydrogen (secondary N) is 1. The van der Waals surface area contributed by atoms with Gasteiger partial charge in [-0.3, -0.25) is 0 Å². The molecule has 2 unspecified atom stereocenters. The van der Waals surface area contributed by atoms with Gasteiger partial charge in [0.25, 0.3) is 0 Å². The number of rotatable bonds is 4. The molecule has 20 heavy (non-hydrogen) atoms. The second-order valence-electron chi connectivity index (χ2n) is 4.63. The molecule has 0 radical (unpaired) electrons. The normalized spacial score (nSPS) is 23.2. The molecular formula is C12H15Cl2NO4S. The summed E-state index contributed by atoms with van der Waals surface area (Å²) in [5, 5.41) is 9.37. The Morgan fingerprint density at radius 1 is 1.45 bits per heavy atom. The van der Waals surface area contributed by atoms with Crippen LogP contribution in [-0.2, 0) is 21.4 Å². The fourth-order valence-corrected chi connectivity index (χ4v) is 4.34. The highest BCUT2D eigenvalue weighted by molar-refractivity contribution is 7.89. The molecule has 0 bridgehead atoms. The highest BCUT2D eigenvalue weighted by atomic mass is 35.5. The van der Waals surface area contributed by atoms with E-state index >= 15 is 0 Å². The van der Waals surface area contributed by atoms with Crippen molar-refractivity contribution in [3.8, 4) is 0 Å². The van der Waals surface area contributed by atoms with Crippen molar-refractivity contribution < 1.29 is 18.3 Å². The van der Waals surface area contributed by atoms with Crippen molar-refractivity contribution >= 4 is 33.2 Å². The zero-order valence-electron chi connectivity index (χ0n) is 10.8. The van der Waals surface area contributed by atoms with Crippen LogP contribution in [0, 0.1) is 0 Å². The lowest BCUT2D eigenvalue weighted by atomic mass is 10.2. The zero-order valence-corrected chi connectivity index (χ0v) is 13.1. The average Bonchev–Trinajstić information content (AvgIpc) is 2.76. The van der Waals surface area contributed by atoms with Crippen LogP contribution in [0.25, 0.3) is 0 Å². The first kappa shape index (κ1) is 16.0. The first-order valence-electron chi connectivity index (χ1n) is 6.08. The standard InChI is InChI=1S/C12H15Cl2NO4S/c1-7-10(2-3-19-7)15-20(17,18)11-5-9(13)4-8(6-16)12(11)14/h4-5,7,10,15-16H,2-3,6H2,1H3. The van der Waals surface area contributed by atoms with Crippen LogP contribution < -0.4 is 4.72 Å². The number of hydrogen-bond donors (Lipinski definition) is 2. The van der Waals surface area contributed by atoms with Gasteiger partial charge in [0.15, 0.2) is 0 Å². The molecule has 0 saturated carbocycles. The number of halogens is 2. The van der Waals surface area contributed by atoms with Crippen molar-refractivity contribution in [1.82, 2.24) is 4.72 Å². The van der Waals surface area contributed by atoms with Crippen LogP contribution in [0.15, 0.2) is 17.0 Å². The number of hydrogen-bond acceptors (Lipinski definition) is 4. The number of sulfonamides is 1. The maximum absolute atomic E-state index is 12.4. The summed E-state index contributed by atoms with van der Waals surface area (Å²) in [5.74, 6) is 0. The Balaban J connectivity index is 2.36. The van der Waals surface area contributed by atoms with Gasteiger partial charge in [-0.2, -0.15) is 0 Å². The summed E-state index contributed by atoms with van der Waals surface area (Å²) in [7, 11) is -3.82. The molecule has 1 fully saturated rings. The Morgan fingerprint density at radius 3 is 2.70 bits per heavy atom. The number of benzene rings is 1. The predicted molar refractivity (Wildman–Crippen MR) is 76.5 cm³/mol. The maximum atomic E-state index is 12.4. The van der Waals surface area contributed by atoms with E-state index in [2.05, 4.69) is 4.72 Å². The van der Waals surface area contributed by atoms with Crippen molar-refractivity contribution in [1.29, 1.82) is 0 Å². The molecular weight excluding hydrogens is 325 g/mol. The van der Waals surface area contributed by atoms with E-state index in [-0.39, 0.29) is 39.3 Å². The molecule has 2 N–H and O–H groups in total. The van der Waals surface area contributed by atoms with Gasteiger partial charge in [0.05, 0.1) is 23.8 Å². The van der Waals surface area contributed by atoms with Gasteiger partial charge >= 0.3 is 0 Å². The van der Waals surface area contributed by atoms with E-state index in [4.69, 9.17) is 27.9 Å². The molecule has 112 valence electrons. The van der Waals surface area contributed by atoms with Gasteiger partial charge in [-0.15, -0.1) is 0 Å². The molecule has 2 atom stereocenters. The van der Waals surface area contributed by atoms with Gasteiger partial charge in [-0.1, -0.05) is 23.2 Å². The van der Waals surface area contributed by atoms with Crippen LogP contribution in [0.1, 0.15) is 18.9 Å². The molecule has 0 spiro atoms. The summed E-state index contributed by atoms with van der Waals surface area (Å²) in [6.07, 6.45) is 0.408. The summed E-state index contributed by atoms with van der Waals surface area (Å²) in [5.41, 5.74) is 0.273. The van der Waals surface area contributed by atoms with Gasteiger partial charge in [0.1, 0.15) is 4.90 Å². The third kappa shape index (κ3) is 3.27. The van der Waals surface area contributed by atoms with E-state index in [0.29, 0.717) is 13.0 Å². The lowest BCUT2D eigenvalue weighted by molar-refractivity contribution is 0.117. The van der Waals surface area contributed by atoms with Crippen LogP contribution in [0.5, 0.6) is 0 Å². The second kappa shape index (κ2) is 6.17. The van der Waals surface area contributed by atoms with Gasteiger partial charge in [-0.25, -0.2) is 13.1 Å². The summed E-state index contributed by atoms with van der Waals surface area (Å²) in [6.45, 7) is 1.93. The molecule has 1 heterocycles. The highest BCUT2D eigenvalue weighted by Crippen LogP contribution is 2.30. The Bertz CT molecular complexity index is 606. The van der Waals surface area contributed by atoms with Crippen molar-refractivity contribution in [2.24, 2.45) is 0 Å². The minimum Gasteiger partial charge on any atom is -0.392 e. The molecule has 5 nitrogen and oxygen atoms in total. The van der Waals surface area contributed by atoms with Crippen LogP contribution in [-0.4, -0.2) is 32.3 Å². The minimum absolute atomic E-state index is 0.0176. The molecule has 0 aromatic heterocycles. The van der Waals surface area contributed by atoms with Crippen LogP contribution in [0.4, 0.5) is 0 Å². The molecule has 2 rings (SSSR count). The fourth-order valence-electron chi connectivity index (χ4n) is 2.08. The molecule has 1 aromatic carbocycles. The monoisotopic (exact) mass is 339 g/mol. The topological polar surface area (TPSA) is 75.6 Å². The SMILES string of the molecule is CC1OCCC1NS(=O)(=O)c1cc(Cl)cc(CO)c1Cl. The third-order valence-corrected chi connectivity index (χ3v) is 5.51. The molecule has 1 aromatic rings. The van der Waals surface area contributed by atoms with Gasteiger partial charge in [0.2, 0.25) is 10.0 Å². The van der Waals surface area contributed by atoms with E-state index in [0.717, 1.165) is 0 Å². The predicted octanol–water partition coefficient (Wildman–Crippen LogP) is 1.94. The van der Waals surface area contributed by atoms with Crippen molar-refractivity contribution in [2.75, 3.05) is 6.61 Å². The van der Waals surface area contributed by atoms with E-state index in [9.17, 15) is 13.5 Å². The lowest BCUT2D eigenvalue weighted by Crippen LogP contribution is -2.39. The maximum Gasteiger partial charge on any atom is 0.242 e. The van der Waals surface area contributed by atoms with Gasteiger partial charge < -0.3 is 9.84 Å². The molecule has 8 heteroatoms. The quantitative estimate of drug-likeness (QED) is 0.878. The van der Waals surface area contributed by atoms with E-state index < -0.39 is 10.0 Å². The average molecular weight is 340 g/mol. The summed E-state index contributed by atoms with van der Waals surface area (Å²) < 4.78 is 32.7. The van der Waals surface area contributed by atoms with E-state index in [1.165, 1.54) is 12.1 Å². The van der Waals surface area contributed by atoms with Crippen molar-refractivity contribution in [2.45, 2.75) is 37.0 Å². The Morgan fingerprint density at radius 2 is 2.15 bits per heavy atom. The number of aliphatic hydroxyl groups excluding tert-OH is 1. The van der Waals surface area contributed by atoms with Crippen molar-refractivity contribution in [3.63, 3.8) is 0 Å². The first-order valence-corrected chi connectivity index (χ1v) is 8.32. The second-order valence-corrected chi connectivity index (χ2v) is 7.12. The zero-order chi connectivity index (χ0) is 14.9. The summed E-state index contributed by atoms with van der Waals surface area (Å²) >= 11 is 11.9. The molecule has 1 aliphatic rings. The van der Waals surface area contributed by atoms with Crippen LogP contribution >= 0.6 is 23.2 Å². The smallest absolute Gasteiger partial charge is 0.242 e. The Labute approximate surface area is 127 Å². The van der Waals surface area contributed by atoms with Crippen molar-refractivity contribution in [3.05, 3.63) is 27.7 Å². The Hall–Kier alpha value is -0.370. The molecule has 1 saturated heterocycles. The Kier molecular flexibility index (Phi) is 4.94. The first-order chi connectivity index (χ1) is 9.35. The molecule has 0 aliphatic carbocycles. The number of aliphatic hydroxyl groups is 1. The highest BCUT2D eigenvalue weighted by Gasteiger charge is 2.30. The molecule has 0 amide bonds. The van der Waals surface area contributed by atoms with Crippen LogP contribution in [0.3, 0.4) is 0 Å². The number of ether oxygens (including phenoxy) is 1. The largest absolute Gasteiger partial charge is 0.392 e. The fraction of sp³-hybridized carbons (Fsp3) is 0.500.